The summed E-state index contributed by atoms with van der Waals surface area (Å²) in [7, 11) is 2.01. The first kappa shape index (κ1) is 19.5. The van der Waals surface area contributed by atoms with E-state index in [2.05, 4.69) is 15.4 Å². The molecule has 0 bridgehead atoms. The summed E-state index contributed by atoms with van der Waals surface area (Å²) in [6.45, 7) is 8.26. The number of carbonyl (C=O) groups excluding carboxylic acids is 1. The zero-order valence-electron chi connectivity index (χ0n) is 13.4. The molecule has 2 N–H and O–H groups in total. The van der Waals surface area contributed by atoms with Gasteiger partial charge >= 0.3 is 0 Å². The molecule has 0 radical (unpaired) electrons. The molecule has 1 heterocycles. The Labute approximate surface area is 127 Å². The van der Waals surface area contributed by atoms with Gasteiger partial charge < -0.3 is 15.4 Å². The maximum Gasteiger partial charge on any atom is 0.293 e. The lowest BCUT2D eigenvalue weighted by molar-refractivity contribution is -0.138. The van der Waals surface area contributed by atoms with Crippen LogP contribution in [0.15, 0.2) is 30.3 Å². The van der Waals surface area contributed by atoms with Crippen LogP contribution >= 0.6 is 0 Å². The molecule has 1 saturated heterocycles. The molecule has 2 rings (SSSR count). The molecule has 1 aliphatic heterocycles. The number of benzene rings is 1. The van der Waals surface area contributed by atoms with Crippen LogP contribution in [0.25, 0.3) is 0 Å². The smallest absolute Gasteiger partial charge is 0.293 e. The second kappa shape index (κ2) is 11.2. The highest BCUT2D eigenvalue weighted by atomic mass is 19.1. The summed E-state index contributed by atoms with van der Waals surface area (Å²) in [5, 5.41) is 6.46. The molecule has 0 aromatic heterocycles. The number of halogens is 1. The average molecular weight is 298 g/mol. The van der Waals surface area contributed by atoms with Crippen molar-refractivity contribution in [2.75, 3.05) is 20.1 Å². The van der Waals surface area contributed by atoms with Crippen molar-refractivity contribution < 1.29 is 13.9 Å². The van der Waals surface area contributed by atoms with Gasteiger partial charge in [-0.2, -0.15) is 0 Å². The van der Waals surface area contributed by atoms with Crippen molar-refractivity contribution in [3.05, 3.63) is 36.1 Å². The molecule has 4 nitrogen and oxygen atoms in total. The predicted molar refractivity (Wildman–Crippen MR) is 83.6 cm³/mol. The summed E-state index contributed by atoms with van der Waals surface area (Å²) in [5.74, 6) is -0.178. The van der Waals surface area contributed by atoms with Crippen LogP contribution in [-0.4, -0.2) is 38.3 Å². The lowest BCUT2D eigenvalue weighted by Gasteiger charge is -2.14. The zero-order chi connectivity index (χ0) is 16.1. The maximum absolute atomic E-state index is 11.9. The largest absolute Gasteiger partial charge is 0.462 e. The molecular formula is C16H27FN2O2. The average Bonchev–Trinajstić information content (AvgIpc) is 2.93. The van der Waals surface area contributed by atoms with Crippen LogP contribution in [0.1, 0.15) is 27.2 Å². The minimum atomic E-state index is -0.318. The summed E-state index contributed by atoms with van der Waals surface area (Å²) in [6.07, 6.45) is 1.29. The van der Waals surface area contributed by atoms with Gasteiger partial charge in [-0.15, -0.1) is 0 Å². The third-order valence-corrected chi connectivity index (χ3v) is 2.60. The van der Waals surface area contributed by atoms with Crippen LogP contribution in [0.5, 0.6) is 0 Å². The van der Waals surface area contributed by atoms with E-state index in [1.54, 1.807) is 18.2 Å². The molecule has 0 saturated carbocycles. The second-order valence-electron chi connectivity index (χ2n) is 5.60. The van der Waals surface area contributed by atoms with E-state index in [1.165, 1.54) is 25.1 Å². The van der Waals surface area contributed by atoms with Crippen LogP contribution in [0.3, 0.4) is 0 Å². The SMILES string of the molecule is CC(C)(C)OC=O.CNC1CCNC1.Fc1ccccc1. The van der Waals surface area contributed by atoms with Gasteiger partial charge in [-0.3, -0.25) is 4.79 Å². The summed E-state index contributed by atoms with van der Waals surface area (Å²) < 4.78 is 16.5. The molecule has 1 aromatic carbocycles. The Morgan fingerprint density at radius 3 is 2.14 bits per heavy atom. The van der Waals surface area contributed by atoms with E-state index in [1.807, 2.05) is 27.8 Å². The van der Waals surface area contributed by atoms with E-state index in [9.17, 15) is 9.18 Å². The first-order chi connectivity index (χ1) is 9.89. The van der Waals surface area contributed by atoms with E-state index in [-0.39, 0.29) is 11.4 Å². The Morgan fingerprint density at radius 2 is 1.95 bits per heavy atom. The molecule has 120 valence electrons. The van der Waals surface area contributed by atoms with Crippen molar-refractivity contribution in [2.24, 2.45) is 0 Å². The molecule has 1 aromatic rings. The summed E-state index contributed by atoms with van der Waals surface area (Å²) >= 11 is 0. The van der Waals surface area contributed by atoms with Gasteiger partial charge in [0, 0.05) is 12.6 Å². The van der Waals surface area contributed by atoms with E-state index in [4.69, 9.17) is 0 Å². The summed E-state index contributed by atoms with van der Waals surface area (Å²) in [5.41, 5.74) is -0.318. The number of carbonyl (C=O) groups is 1. The minimum absolute atomic E-state index is 0.178. The minimum Gasteiger partial charge on any atom is -0.462 e. The van der Waals surface area contributed by atoms with Gasteiger partial charge in [-0.1, -0.05) is 18.2 Å². The molecule has 1 atom stereocenters. The number of ether oxygens (including phenoxy) is 1. The lowest BCUT2D eigenvalue weighted by atomic mass is 10.2. The Hall–Kier alpha value is -1.46. The zero-order valence-corrected chi connectivity index (χ0v) is 13.4. The summed E-state index contributed by atoms with van der Waals surface area (Å²) in [4.78, 5) is 9.60. The lowest BCUT2D eigenvalue weighted by Crippen LogP contribution is -2.26. The normalized spacial score (nSPS) is 16.9. The highest BCUT2D eigenvalue weighted by Crippen LogP contribution is 2.02. The third kappa shape index (κ3) is 13.3. The van der Waals surface area contributed by atoms with Crippen LogP contribution in [0.4, 0.5) is 4.39 Å². The molecule has 0 spiro atoms. The molecule has 5 heteroatoms. The molecule has 1 unspecified atom stereocenters. The topological polar surface area (TPSA) is 50.4 Å². The molecule has 0 aliphatic carbocycles. The monoisotopic (exact) mass is 298 g/mol. The standard InChI is InChI=1S/C6H5F.C5H12N2.C5H10O2/c7-6-4-2-1-3-5-6;1-6-5-2-3-7-4-5;1-5(2,3)7-4-6/h1-5H;5-7H,2-4H2,1H3;4H,1-3H3. The van der Waals surface area contributed by atoms with E-state index in [0.717, 1.165) is 12.6 Å². The van der Waals surface area contributed by atoms with Gasteiger partial charge in [0.2, 0.25) is 0 Å². The number of hydrogen-bond donors (Lipinski definition) is 2. The van der Waals surface area contributed by atoms with Crippen molar-refractivity contribution in [2.45, 2.75) is 38.8 Å². The molecule has 21 heavy (non-hydrogen) atoms. The maximum atomic E-state index is 11.9. The van der Waals surface area contributed by atoms with E-state index < -0.39 is 0 Å². The van der Waals surface area contributed by atoms with Crippen molar-refractivity contribution >= 4 is 6.47 Å². The fourth-order valence-electron chi connectivity index (χ4n) is 1.46. The van der Waals surface area contributed by atoms with Crippen LogP contribution < -0.4 is 10.6 Å². The first-order valence-corrected chi connectivity index (χ1v) is 7.09. The van der Waals surface area contributed by atoms with Crippen molar-refractivity contribution in [1.82, 2.24) is 10.6 Å². The van der Waals surface area contributed by atoms with Crippen molar-refractivity contribution in [3.8, 4) is 0 Å². The molecule has 0 amide bonds. The van der Waals surface area contributed by atoms with Crippen LogP contribution in [0, 0.1) is 5.82 Å². The number of hydrogen-bond acceptors (Lipinski definition) is 4. The Balaban J connectivity index is 0.000000286. The van der Waals surface area contributed by atoms with E-state index >= 15 is 0 Å². The Bertz CT molecular complexity index is 360. The van der Waals surface area contributed by atoms with Gasteiger partial charge in [0.05, 0.1) is 0 Å². The molecule has 1 fully saturated rings. The number of likely N-dealkylation sites (N-methyl/N-ethyl adjacent to an activating group) is 1. The second-order valence-corrected chi connectivity index (χ2v) is 5.60. The Morgan fingerprint density at radius 1 is 1.33 bits per heavy atom. The van der Waals surface area contributed by atoms with Crippen molar-refractivity contribution in [3.63, 3.8) is 0 Å². The van der Waals surface area contributed by atoms with Gasteiger partial charge in [-0.05, 0) is 52.9 Å². The molecular weight excluding hydrogens is 271 g/mol. The van der Waals surface area contributed by atoms with Crippen molar-refractivity contribution in [1.29, 1.82) is 0 Å². The summed E-state index contributed by atoms with van der Waals surface area (Å²) in [6, 6.07) is 8.67. The van der Waals surface area contributed by atoms with Crippen LogP contribution in [0.2, 0.25) is 0 Å². The first-order valence-electron chi connectivity index (χ1n) is 7.09. The van der Waals surface area contributed by atoms with Gasteiger partial charge in [-0.25, -0.2) is 4.39 Å². The molecule has 1 aliphatic rings. The van der Waals surface area contributed by atoms with Gasteiger partial charge in [0.1, 0.15) is 11.4 Å². The number of nitrogens with one attached hydrogen (secondary N) is 2. The third-order valence-electron chi connectivity index (χ3n) is 2.60. The highest BCUT2D eigenvalue weighted by molar-refractivity contribution is 5.37. The fraction of sp³-hybridized carbons (Fsp3) is 0.562. The quantitative estimate of drug-likeness (QED) is 0.823. The van der Waals surface area contributed by atoms with E-state index in [0.29, 0.717) is 6.47 Å². The highest BCUT2D eigenvalue weighted by Gasteiger charge is 2.09. The fourth-order valence-corrected chi connectivity index (χ4v) is 1.46. The van der Waals surface area contributed by atoms with Crippen LogP contribution in [-0.2, 0) is 9.53 Å². The predicted octanol–water partition coefficient (Wildman–Crippen LogP) is 2.35. The Kier molecular flexibility index (Phi) is 10.4. The van der Waals surface area contributed by atoms with Gasteiger partial charge in [0.15, 0.2) is 0 Å². The van der Waals surface area contributed by atoms with Gasteiger partial charge in [0.25, 0.3) is 6.47 Å². The number of rotatable bonds is 2.